The minimum Gasteiger partial charge on any atom is -0.495 e. The highest BCUT2D eigenvalue weighted by molar-refractivity contribution is 5.79. The molecule has 1 unspecified atom stereocenters. The number of nitrogen functional groups attached to an aromatic ring is 1. The van der Waals surface area contributed by atoms with Gasteiger partial charge >= 0.3 is 5.97 Å². The van der Waals surface area contributed by atoms with Gasteiger partial charge in [-0.05, 0) is 30.9 Å². The van der Waals surface area contributed by atoms with Gasteiger partial charge in [-0.2, -0.15) is 0 Å². The standard InChI is InChI=1S/C14H19N2O3/c1-9-5-6-16(12(7-9)14(17)18)10-3-4-11(15)13(8-10)19-2/h3-4,8,12H,5-7,15H2,1-2H3,(H,17,18). The van der Waals surface area contributed by atoms with Crippen molar-refractivity contribution in [1.29, 1.82) is 0 Å². The second-order valence-corrected chi connectivity index (χ2v) is 4.88. The molecule has 1 radical (unpaired) electrons. The number of nitrogens with zero attached hydrogens (tertiary/aromatic N) is 1. The van der Waals surface area contributed by atoms with Crippen molar-refractivity contribution >= 4 is 17.3 Å². The highest BCUT2D eigenvalue weighted by atomic mass is 16.5. The van der Waals surface area contributed by atoms with Gasteiger partial charge in [0, 0.05) is 18.3 Å². The smallest absolute Gasteiger partial charge is 0.326 e. The molecule has 0 saturated carbocycles. The molecule has 103 valence electrons. The summed E-state index contributed by atoms with van der Waals surface area (Å²) in [6, 6.07) is 4.88. The van der Waals surface area contributed by atoms with Crippen molar-refractivity contribution in [2.75, 3.05) is 24.3 Å². The van der Waals surface area contributed by atoms with Crippen molar-refractivity contribution in [3.05, 3.63) is 24.1 Å². The van der Waals surface area contributed by atoms with Crippen LogP contribution >= 0.6 is 0 Å². The Bertz CT molecular complexity index is 476. The number of hydrogen-bond acceptors (Lipinski definition) is 4. The van der Waals surface area contributed by atoms with E-state index in [-0.39, 0.29) is 0 Å². The van der Waals surface area contributed by atoms with Crippen LogP contribution in [0.1, 0.15) is 19.8 Å². The molecule has 2 rings (SSSR count). The third kappa shape index (κ3) is 2.75. The lowest BCUT2D eigenvalue weighted by Crippen LogP contribution is -2.46. The summed E-state index contributed by atoms with van der Waals surface area (Å²) in [5, 5.41) is 9.36. The minimum atomic E-state index is -0.796. The number of carboxylic acids is 1. The Balaban J connectivity index is 2.30. The largest absolute Gasteiger partial charge is 0.495 e. The zero-order chi connectivity index (χ0) is 14.0. The predicted molar refractivity (Wildman–Crippen MR) is 74.3 cm³/mol. The number of benzene rings is 1. The van der Waals surface area contributed by atoms with Crippen LogP contribution in [-0.2, 0) is 4.79 Å². The molecule has 1 aliphatic rings. The van der Waals surface area contributed by atoms with Gasteiger partial charge in [0.25, 0.3) is 0 Å². The summed E-state index contributed by atoms with van der Waals surface area (Å²) in [6.07, 6.45) is 1.50. The number of methoxy groups -OCH3 is 1. The van der Waals surface area contributed by atoms with Gasteiger partial charge in [0.05, 0.1) is 12.8 Å². The number of hydrogen-bond donors (Lipinski definition) is 2. The topological polar surface area (TPSA) is 75.8 Å². The predicted octanol–water partition coefficient (Wildman–Crippen LogP) is 1.93. The zero-order valence-corrected chi connectivity index (χ0v) is 11.2. The van der Waals surface area contributed by atoms with Crippen LogP contribution in [-0.4, -0.2) is 30.8 Å². The van der Waals surface area contributed by atoms with E-state index in [1.165, 1.54) is 5.92 Å². The summed E-state index contributed by atoms with van der Waals surface area (Å²) in [5.41, 5.74) is 7.17. The SMILES string of the molecule is COc1cc(N2CC[C](C)CC2C(=O)O)ccc1N. The Hall–Kier alpha value is -1.91. The Morgan fingerprint density at radius 3 is 2.89 bits per heavy atom. The summed E-state index contributed by atoms with van der Waals surface area (Å²) >= 11 is 0. The highest BCUT2D eigenvalue weighted by Gasteiger charge is 2.32. The summed E-state index contributed by atoms with van der Waals surface area (Å²) in [7, 11) is 1.55. The molecular weight excluding hydrogens is 244 g/mol. The average Bonchev–Trinajstić information content (AvgIpc) is 2.39. The molecule has 19 heavy (non-hydrogen) atoms. The fourth-order valence-electron chi connectivity index (χ4n) is 2.42. The normalized spacial score (nSPS) is 20.3. The molecule has 1 saturated heterocycles. The molecule has 1 fully saturated rings. The van der Waals surface area contributed by atoms with E-state index in [0.29, 0.717) is 24.4 Å². The Morgan fingerprint density at radius 1 is 1.53 bits per heavy atom. The Morgan fingerprint density at radius 2 is 2.26 bits per heavy atom. The van der Waals surface area contributed by atoms with E-state index in [9.17, 15) is 9.90 Å². The Kier molecular flexibility index (Phi) is 3.83. The highest BCUT2D eigenvalue weighted by Crippen LogP contribution is 2.33. The van der Waals surface area contributed by atoms with E-state index in [4.69, 9.17) is 10.5 Å². The minimum absolute atomic E-state index is 0.512. The first-order valence-corrected chi connectivity index (χ1v) is 6.27. The fraction of sp³-hybridized carbons (Fsp3) is 0.429. The monoisotopic (exact) mass is 263 g/mol. The number of piperidine rings is 1. The van der Waals surface area contributed by atoms with Gasteiger partial charge in [0.15, 0.2) is 0 Å². The van der Waals surface area contributed by atoms with Crippen LogP contribution in [0.3, 0.4) is 0 Å². The lowest BCUT2D eigenvalue weighted by molar-refractivity contribution is -0.138. The molecule has 1 heterocycles. The zero-order valence-electron chi connectivity index (χ0n) is 11.2. The van der Waals surface area contributed by atoms with Crippen molar-refractivity contribution in [3.63, 3.8) is 0 Å². The van der Waals surface area contributed by atoms with E-state index in [1.807, 2.05) is 17.9 Å². The number of carboxylic acid groups (broad SMARTS) is 1. The van der Waals surface area contributed by atoms with Crippen LogP contribution in [0, 0.1) is 5.92 Å². The second-order valence-electron chi connectivity index (χ2n) is 4.88. The van der Waals surface area contributed by atoms with Gasteiger partial charge < -0.3 is 20.5 Å². The molecule has 0 aromatic heterocycles. The maximum absolute atomic E-state index is 11.4. The van der Waals surface area contributed by atoms with Crippen LogP contribution in [0.5, 0.6) is 5.75 Å². The lowest BCUT2D eigenvalue weighted by Gasteiger charge is -2.37. The summed E-state index contributed by atoms with van der Waals surface area (Å²) < 4.78 is 5.19. The Labute approximate surface area is 113 Å². The molecule has 5 heteroatoms. The van der Waals surface area contributed by atoms with Gasteiger partial charge in [0.2, 0.25) is 0 Å². The average molecular weight is 263 g/mol. The molecular formula is C14H19N2O3. The molecule has 0 amide bonds. The third-order valence-corrected chi connectivity index (χ3v) is 3.53. The van der Waals surface area contributed by atoms with Gasteiger partial charge in [0.1, 0.15) is 11.8 Å². The first-order valence-electron chi connectivity index (χ1n) is 6.27. The van der Waals surface area contributed by atoms with Gasteiger partial charge in [-0.25, -0.2) is 4.79 Å². The number of nitrogens with two attached hydrogens (primary N) is 1. The third-order valence-electron chi connectivity index (χ3n) is 3.53. The number of anilines is 2. The fourth-order valence-corrected chi connectivity index (χ4v) is 2.42. The molecule has 0 bridgehead atoms. The van der Waals surface area contributed by atoms with Crippen molar-refractivity contribution in [2.45, 2.75) is 25.8 Å². The number of carbonyl (C=O) groups is 1. The molecule has 3 N–H and O–H groups in total. The van der Waals surface area contributed by atoms with Crippen molar-refractivity contribution < 1.29 is 14.6 Å². The molecule has 5 nitrogen and oxygen atoms in total. The molecule has 1 aromatic rings. The van der Waals surface area contributed by atoms with E-state index in [1.54, 1.807) is 19.2 Å². The van der Waals surface area contributed by atoms with E-state index in [0.717, 1.165) is 12.1 Å². The van der Waals surface area contributed by atoms with Crippen LogP contribution in [0.25, 0.3) is 0 Å². The molecule has 0 aliphatic carbocycles. The maximum Gasteiger partial charge on any atom is 0.326 e. The first-order chi connectivity index (χ1) is 9.02. The summed E-state index contributed by atoms with van der Waals surface area (Å²) in [4.78, 5) is 13.3. The van der Waals surface area contributed by atoms with Crippen molar-refractivity contribution in [1.82, 2.24) is 0 Å². The van der Waals surface area contributed by atoms with E-state index >= 15 is 0 Å². The van der Waals surface area contributed by atoms with Gasteiger partial charge in [-0.3, -0.25) is 0 Å². The maximum atomic E-state index is 11.4. The summed E-state index contributed by atoms with van der Waals surface area (Å²) in [5.74, 6) is 1.01. The quantitative estimate of drug-likeness (QED) is 0.815. The van der Waals surface area contributed by atoms with Crippen LogP contribution in [0.4, 0.5) is 11.4 Å². The second kappa shape index (κ2) is 5.38. The van der Waals surface area contributed by atoms with Gasteiger partial charge in [-0.1, -0.05) is 6.92 Å². The van der Waals surface area contributed by atoms with Crippen LogP contribution < -0.4 is 15.4 Å². The van der Waals surface area contributed by atoms with E-state index < -0.39 is 12.0 Å². The van der Waals surface area contributed by atoms with Gasteiger partial charge in [-0.15, -0.1) is 0 Å². The van der Waals surface area contributed by atoms with E-state index in [2.05, 4.69) is 0 Å². The number of rotatable bonds is 3. The molecule has 1 atom stereocenters. The summed E-state index contributed by atoms with van der Waals surface area (Å²) in [6.45, 7) is 2.71. The van der Waals surface area contributed by atoms with Crippen LogP contribution in [0.15, 0.2) is 18.2 Å². The van der Waals surface area contributed by atoms with Crippen LogP contribution in [0.2, 0.25) is 0 Å². The molecule has 1 aromatic carbocycles. The van der Waals surface area contributed by atoms with Crippen molar-refractivity contribution in [2.24, 2.45) is 0 Å². The molecule has 0 spiro atoms. The number of aliphatic carboxylic acids is 1. The number of ether oxygens (including phenoxy) is 1. The van der Waals surface area contributed by atoms with Crippen molar-refractivity contribution in [3.8, 4) is 5.75 Å². The lowest BCUT2D eigenvalue weighted by atomic mass is 9.92. The first kappa shape index (κ1) is 13.5. The molecule has 1 aliphatic heterocycles.